The molecule has 0 aliphatic carbocycles. The van der Waals surface area contributed by atoms with Crippen molar-refractivity contribution in [2.24, 2.45) is 5.92 Å². The number of ether oxygens (including phenoxy) is 1. The average molecular weight is 291 g/mol. The van der Waals surface area contributed by atoms with Crippen molar-refractivity contribution in [3.63, 3.8) is 0 Å². The van der Waals surface area contributed by atoms with E-state index in [1.165, 1.54) is 5.32 Å². The maximum absolute atomic E-state index is 12.7. The third-order valence-electron chi connectivity index (χ3n) is 2.14. The Labute approximate surface area is 106 Å². The van der Waals surface area contributed by atoms with E-state index in [2.05, 4.69) is 4.74 Å². The molecular formula is C10H14F5NO3. The number of alkyl halides is 5. The number of amides is 1. The summed E-state index contributed by atoms with van der Waals surface area (Å²) >= 11 is 0. The Kier molecular flexibility index (Phi) is 5.70. The van der Waals surface area contributed by atoms with Gasteiger partial charge in [-0.15, -0.1) is 0 Å². The lowest BCUT2D eigenvalue weighted by Gasteiger charge is -2.23. The van der Waals surface area contributed by atoms with Gasteiger partial charge in [-0.2, -0.15) is 22.0 Å². The van der Waals surface area contributed by atoms with Gasteiger partial charge >= 0.3 is 24.0 Å². The maximum Gasteiger partial charge on any atom is 0.463 e. The SMILES string of the molecule is COC(=O)C(CC(C)C)NC(=O)C(F)(F)C(F)(F)F. The van der Waals surface area contributed by atoms with Crippen molar-refractivity contribution in [2.45, 2.75) is 38.4 Å². The van der Waals surface area contributed by atoms with Crippen LogP contribution < -0.4 is 5.32 Å². The topological polar surface area (TPSA) is 55.4 Å². The number of hydrogen-bond acceptors (Lipinski definition) is 3. The molecule has 0 bridgehead atoms. The summed E-state index contributed by atoms with van der Waals surface area (Å²) in [4.78, 5) is 22.1. The average Bonchev–Trinajstić information content (AvgIpc) is 2.24. The summed E-state index contributed by atoms with van der Waals surface area (Å²) in [5, 5.41) is 1.36. The third-order valence-corrected chi connectivity index (χ3v) is 2.14. The predicted octanol–water partition coefficient (Wildman–Crippen LogP) is 1.89. The quantitative estimate of drug-likeness (QED) is 0.621. The summed E-state index contributed by atoms with van der Waals surface area (Å²) in [7, 11) is 0.934. The predicted molar refractivity (Wildman–Crippen MR) is 54.4 cm³/mol. The van der Waals surface area contributed by atoms with Gasteiger partial charge in [-0.25, -0.2) is 4.79 Å². The van der Waals surface area contributed by atoms with E-state index in [0.717, 1.165) is 7.11 Å². The molecule has 0 fully saturated rings. The van der Waals surface area contributed by atoms with Crippen LogP contribution in [0.15, 0.2) is 0 Å². The number of nitrogens with one attached hydrogen (secondary N) is 1. The zero-order valence-corrected chi connectivity index (χ0v) is 10.5. The van der Waals surface area contributed by atoms with Gasteiger partial charge in [0.05, 0.1) is 7.11 Å². The van der Waals surface area contributed by atoms with Crippen LogP contribution in [-0.4, -0.2) is 37.1 Å². The third kappa shape index (κ3) is 4.64. The fraction of sp³-hybridized carbons (Fsp3) is 0.800. The number of hydrogen-bond donors (Lipinski definition) is 1. The molecule has 0 saturated heterocycles. The van der Waals surface area contributed by atoms with Gasteiger partial charge in [0.15, 0.2) is 0 Å². The Morgan fingerprint density at radius 2 is 1.63 bits per heavy atom. The van der Waals surface area contributed by atoms with Gasteiger partial charge < -0.3 is 10.1 Å². The van der Waals surface area contributed by atoms with Gasteiger partial charge in [-0.3, -0.25) is 4.79 Å². The Balaban J connectivity index is 4.96. The maximum atomic E-state index is 12.7. The fourth-order valence-corrected chi connectivity index (χ4v) is 1.21. The second kappa shape index (κ2) is 6.16. The van der Waals surface area contributed by atoms with Crippen LogP contribution in [0.2, 0.25) is 0 Å². The first-order chi connectivity index (χ1) is 8.43. The summed E-state index contributed by atoms with van der Waals surface area (Å²) in [5.74, 6) is -9.43. The largest absolute Gasteiger partial charge is 0.467 e. The van der Waals surface area contributed by atoms with E-state index in [-0.39, 0.29) is 12.3 Å². The van der Waals surface area contributed by atoms with Crippen LogP contribution in [0.1, 0.15) is 20.3 Å². The molecule has 0 aliphatic heterocycles. The number of carbonyl (C=O) groups excluding carboxylic acids is 2. The minimum atomic E-state index is -6.02. The first kappa shape index (κ1) is 17.6. The highest BCUT2D eigenvalue weighted by Gasteiger charge is 2.63. The molecule has 112 valence electrons. The Morgan fingerprint density at radius 1 is 1.16 bits per heavy atom. The van der Waals surface area contributed by atoms with E-state index < -0.39 is 30.0 Å². The molecule has 0 aromatic heterocycles. The number of methoxy groups -OCH3 is 1. The van der Waals surface area contributed by atoms with Crippen LogP contribution in [0.5, 0.6) is 0 Å². The second-order valence-electron chi connectivity index (χ2n) is 4.25. The van der Waals surface area contributed by atoms with Crippen molar-refractivity contribution in [1.82, 2.24) is 5.32 Å². The van der Waals surface area contributed by atoms with E-state index in [1.807, 2.05) is 0 Å². The molecule has 1 N–H and O–H groups in total. The lowest BCUT2D eigenvalue weighted by Crippen LogP contribution is -2.55. The minimum Gasteiger partial charge on any atom is -0.467 e. The summed E-state index contributed by atoms with van der Waals surface area (Å²) in [6.45, 7) is 3.20. The molecule has 0 aliphatic rings. The lowest BCUT2D eigenvalue weighted by molar-refractivity contribution is -0.270. The highest BCUT2D eigenvalue weighted by Crippen LogP contribution is 2.35. The summed E-state index contributed by atoms with van der Waals surface area (Å²) in [5.41, 5.74) is 0. The normalized spacial score (nSPS) is 14.2. The number of rotatable bonds is 5. The second-order valence-corrected chi connectivity index (χ2v) is 4.25. The molecule has 19 heavy (non-hydrogen) atoms. The monoisotopic (exact) mass is 291 g/mol. The molecule has 0 rings (SSSR count). The van der Waals surface area contributed by atoms with Crippen LogP contribution in [0.25, 0.3) is 0 Å². The van der Waals surface area contributed by atoms with Gasteiger partial charge in [-0.05, 0) is 12.3 Å². The number of esters is 1. The molecule has 4 nitrogen and oxygen atoms in total. The zero-order chi connectivity index (χ0) is 15.4. The van der Waals surface area contributed by atoms with Gasteiger partial charge in [0, 0.05) is 0 Å². The van der Waals surface area contributed by atoms with Crippen LogP contribution in [-0.2, 0) is 14.3 Å². The highest BCUT2D eigenvalue weighted by atomic mass is 19.4. The smallest absolute Gasteiger partial charge is 0.463 e. The van der Waals surface area contributed by atoms with Crippen molar-refractivity contribution >= 4 is 11.9 Å². The lowest BCUT2D eigenvalue weighted by atomic mass is 10.0. The molecule has 1 atom stereocenters. The molecule has 0 aromatic carbocycles. The van der Waals surface area contributed by atoms with E-state index in [4.69, 9.17) is 0 Å². The van der Waals surface area contributed by atoms with Crippen molar-refractivity contribution in [3.8, 4) is 0 Å². The van der Waals surface area contributed by atoms with Crippen molar-refractivity contribution < 1.29 is 36.3 Å². The first-order valence-electron chi connectivity index (χ1n) is 5.26. The van der Waals surface area contributed by atoms with Gasteiger partial charge in [0.2, 0.25) is 0 Å². The summed E-state index contributed by atoms with van der Waals surface area (Å²) in [6.07, 6.45) is -6.14. The molecule has 0 aromatic rings. The van der Waals surface area contributed by atoms with E-state index in [9.17, 15) is 31.5 Å². The molecule has 1 amide bonds. The van der Waals surface area contributed by atoms with Gasteiger partial charge in [-0.1, -0.05) is 13.8 Å². The summed E-state index contributed by atoms with van der Waals surface area (Å²) < 4.78 is 65.5. The fourth-order valence-electron chi connectivity index (χ4n) is 1.21. The molecule has 0 radical (unpaired) electrons. The van der Waals surface area contributed by atoms with Crippen LogP contribution >= 0.6 is 0 Å². The van der Waals surface area contributed by atoms with Gasteiger partial charge in [0.25, 0.3) is 0 Å². The Hall–Kier alpha value is -1.41. The molecular weight excluding hydrogens is 277 g/mol. The zero-order valence-electron chi connectivity index (χ0n) is 10.5. The first-order valence-corrected chi connectivity index (χ1v) is 5.26. The molecule has 9 heteroatoms. The van der Waals surface area contributed by atoms with Crippen molar-refractivity contribution in [1.29, 1.82) is 0 Å². The number of carbonyl (C=O) groups is 2. The van der Waals surface area contributed by atoms with E-state index >= 15 is 0 Å². The van der Waals surface area contributed by atoms with Crippen molar-refractivity contribution in [2.75, 3.05) is 7.11 Å². The summed E-state index contributed by atoms with van der Waals surface area (Å²) in [6, 6.07) is -1.55. The Bertz CT molecular complexity index is 341. The number of halogens is 5. The highest BCUT2D eigenvalue weighted by molar-refractivity contribution is 5.89. The standard InChI is InChI=1S/C10H14F5NO3/c1-5(2)4-6(7(17)19-3)16-8(18)9(11,12)10(13,14)15/h5-6H,4H2,1-3H3,(H,16,18). The van der Waals surface area contributed by atoms with Crippen LogP contribution in [0.4, 0.5) is 22.0 Å². The van der Waals surface area contributed by atoms with Crippen molar-refractivity contribution in [3.05, 3.63) is 0 Å². The van der Waals surface area contributed by atoms with E-state index in [0.29, 0.717) is 0 Å². The van der Waals surface area contributed by atoms with Crippen LogP contribution in [0.3, 0.4) is 0 Å². The minimum absolute atomic E-state index is 0.119. The molecule has 0 heterocycles. The Morgan fingerprint density at radius 3 is 1.95 bits per heavy atom. The van der Waals surface area contributed by atoms with Crippen LogP contribution in [0, 0.1) is 5.92 Å². The molecule has 0 spiro atoms. The van der Waals surface area contributed by atoms with E-state index in [1.54, 1.807) is 13.8 Å². The molecule has 1 unspecified atom stereocenters. The molecule has 0 saturated carbocycles. The van der Waals surface area contributed by atoms with Gasteiger partial charge in [0.1, 0.15) is 6.04 Å².